The Bertz CT molecular complexity index is 1100. The zero-order valence-electron chi connectivity index (χ0n) is 17.8. The number of fused-ring (bicyclic) bond motifs is 1. The van der Waals surface area contributed by atoms with E-state index in [4.69, 9.17) is 16.3 Å². The lowest BCUT2D eigenvalue weighted by Crippen LogP contribution is -2.53. The van der Waals surface area contributed by atoms with Crippen molar-refractivity contribution >= 4 is 23.6 Å². The smallest absolute Gasteiger partial charge is 0.314 e. The average molecular weight is 457 g/mol. The Hall–Kier alpha value is -2.78. The molecule has 5 atom stereocenters. The van der Waals surface area contributed by atoms with Gasteiger partial charge >= 0.3 is 5.97 Å². The molecule has 32 heavy (non-hydrogen) atoms. The second-order valence-electron chi connectivity index (χ2n) is 8.74. The summed E-state index contributed by atoms with van der Waals surface area (Å²) < 4.78 is 35.3. The molecule has 1 aliphatic heterocycles. The molecule has 166 valence electrons. The summed E-state index contributed by atoms with van der Waals surface area (Å²) in [5.74, 6) is -5.92. The lowest BCUT2D eigenvalue weighted by Gasteiger charge is -2.47. The van der Waals surface area contributed by atoms with Crippen molar-refractivity contribution in [3.8, 4) is 17.2 Å². The maximum atomic E-state index is 15.0. The molecule has 1 saturated heterocycles. The Morgan fingerprint density at radius 3 is 2.69 bits per heavy atom. The number of cyclic esters (lactones) is 1. The fraction of sp³-hybridized carbons (Fsp3) is 0.400. The number of hydrogen-bond donors (Lipinski definition) is 0. The van der Waals surface area contributed by atoms with Crippen LogP contribution in [0, 0.1) is 34.5 Å². The van der Waals surface area contributed by atoms with Crippen LogP contribution in [0.3, 0.4) is 0 Å². The molecule has 0 amide bonds. The molecule has 1 unspecified atom stereocenters. The van der Waals surface area contributed by atoms with Gasteiger partial charge in [-0.25, -0.2) is 8.78 Å². The molecule has 2 heterocycles. The molecular formula is C25H23ClF2N2O2. The van der Waals surface area contributed by atoms with Gasteiger partial charge in [0.1, 0.15) is 6.10 Å². The Morgan fingerprint density at radius 1 is 1.28 bits per heavy atom. The average Bonchev–Trinajstić information content (AvgIpc) is 2.98. The summed E-state index contributed by atoms with van der Waals surface area (Å²) >= 11 is 6.24. The zero-order chi connectivity index (χ0) is 23.1. The first-order chi connectivity index (χ1) is 15.2. The molecule has 0 N–H and O–H groups in total. The lowest BCUT2D eigenvalue weighted by molar-refractivity contribution is -0.170. The van der Waals surface area contributed by atoms with Crippen molar-refractivity contribution in [2.24, 2.45) is 23.2 Å². The normalized spacial score (nSPS) is 31.2. The first kappa shape index (κ1) is 22.4. The molecule has 1 aromatic heterocycles. The van der Waals surface area contributed by atoms with Crippen LogP contribution < -0.4 is 0 Å². The van der Waals surface area contributed by atoms with Crippen LogP contribution in [0.1, 0.15) is 32.4 Å². The van der Waals surface area contributed by atoms with Gasteiger partial charge < -0.3 is 4.74 Å². The SMILES string of the molecule is C[C@H]1OC(=O)[C@]2(CC#N)CC(F)(F)[C@@H](C)[C@H](/C=C/c3ccc(-c4ccccc4Cl)cn3)C12. The van der Waals surface area contributed by atoms with E-state index in [2.05, 4.69) is 4.98 Å². The highest BCUT2D eigenvalue weighted by atomic mass is 35.5. The summed E-state index contributed by atoms with van der Waals surface area (Å²) in [6.07, 6.45) is 3.61. The summed E-state index contributed by atoms with van der Waals surface area (Å²) in [7, 11) is 0. The maximum Gasteiger partial charge on any atom is 0.314 e. The molecular weight excluding hydrogens is 434 g/mol. The van der Waals surface area contributed by atoms with Crippen molar-refractivity contribution in [3.05, 3.63) is 59.4 Å². The monoisotopic (exact) mass is 456 g/mol. The van der Waals surface area contributed by atoms with Crippen LogP contribution in [-0.4, -0.2) is 23.0 Å². The third-order valence-corrected chi connectivity index (χ3v) is 7.24. The van der Waals surface area contributed by atoms with E-state index in [0.29, 0.717) is 10.7 Å². The predicted octanol–water partition coefficient (Wildman–Crippen LogP) is 6.17. The van der Waals surface area contributed by atoms with E-state index >= 15 is 0 Å². The minimum atomic E-state index is -3.09. The number of nitriles is 1. The Labute approximate surface area is 190 Å². The molecule has 0 radical (unpaired) electrons. The first-order valence-corrected chi connectivity index (χ1v) is 10.9. The van der Waals surface area contributed by atoms with Gasteiger partial charge in [0.15, 0.2) is 0 Å². The van der Waals surface area contributed by atoms with Gasteiger partial charge in [-0.05, 0) is 31.1 Å². The van der Waals surface area contributed by atoms with Gasteiger partial charge in [0.25, 0.3) is 5.92 Å². The number of nitrogens with zero attached hydrogens (tertiary/aromatic N) is 2. The van der Waals surface area contributed by atoms with E-state index in [1.807, 2.05) is 30.3 Å². The zero-order valence-corrected chi connectivity index (χ0v) is 18.5. The predicted molar refractivity (Wildman–Crippen MR) is 118 cm³/mol. The number of halogens is 3. The van der Waals surface area contributed by atoms with Gasteiger partial charge in [-0.3, -0.25) is 9.78 Å². The van der Waals surface area contributed by atoms with Gasteiger partial charge in [-0.1, -0.05) is 48.9 Å². The highest BCUT2D eigenvalue weighted by Crippen LogP contribution is 2.60. The minimum absolute atomic E-state index is 0.279. The largest absolute Gasteiger partial charge is 0.462 e. The van der Waals surface area contributed by atoms with E-state index in [-0.39, 0.29) is 6.42 Å². The molecule has 4 rings (SSSR count). The van der Waals surface area contributed by atoms with E-state index in [1.54, 1.807) is 37.4 Å². The third-order valence-electron chi connectivity index (χ3n) is 6.91. The number of esters is 1. The second-order valence-corrected chi connectivity index (χ2v) is 9.15. The number of alkyl halides is 2. The van der Waals surface area contributed by atoms with Gasteiger partial charge in [0.05, 0.1) is 23.6 Å². The van der Waals surface area contributed by atoms with E-state index < -0.39 is 47.6 Å². The molecule has 0 bridgehead atoms. The second kappa shape index (κ2) is 8.29. The highest BCUT2D eigenvalue weighted by Gasteiger charge is 2.67. The van der Waals surface area contributed by atoms with Crippen molar-refractivity contribution in [3.63, 3.8) is 0 Å². The Morgan fingerprint density at radius 2 is 2.03 bits per heavy atom. The molecule has 1 saturated carbocycles. The van der Waals surface area contributed by atoms with Crippen molar-refractivity contribution < 1.29 is 18.3 Å². The van der Waals surface area contributed by atoms with Gasteiger partial charge in [-0.15, -0.1) is 0 Å². The number of carbonyl (C=O) groups is 1. The molecule has 4 nitrogen and oxygen atoms in total. The summed E-state index contributed by atoms with van der Waals surface area (Å²) in [6.45, 7) is 3.21. The number of carbonyl (C=O) groups excluding carboxylic acids is 1. The van der Waals surface area contributed by atoms with E-state index in [9.17, 15) is 18.8 Å². The van der Waals surface area contributed by atoms with Gasteiger partial charge in [0.2, 0.25) is 0 Å². The summed E-state index contributed by atoms with van der Waals surface area (Å²) in [4.78, 5) is 17.0. The Kier molecular flexibility index (Phi) is 5.81. The lowest BCUT2D eigenvalue weighted by atomic mass is 9.55. The molecule has 1 aliphatic carbocycles. The Balaban J connectivity index is 1.65. The van der Waals surface area contributed by atoms with Crippen LogP contribution in [0.2, 0.25) is 5.02 Å². The molecule has 0 spiro atoms. The molecule has 2 aliphatic rings. The fourth-order valence-corrected chi connectivity index (χ4v) is 5.48. The van der Waals surface area contributed by atoms with Crippen LogP contribution in [0.25, 0.3) is 17.2 Å². The van der Waals surface area contributed by atoms with E-state index in [1.165, 1.54) is 6.92 Å². The topological polar surface area (TPSA) is 63.0 Å². The summed E-state index contributed by atoms with van der Waals surface area (Å²) in [6, 6.07) is 13.0. The number of rotatable bonds is 4. The number of allylic oxidation sites excluding steroid dienone is 1. The molecule has 2 fully saturated rings. The van der Waals surface area contributed by atoms with Crippen LogP contribution in [0.4, 0.5) is 8.78 Å². The number of ether oxygens (including phenoxy) is 1. The highest BCUT2D eigenvalue weighted by molar-refractivity contribution is 6.33. The van der Waals surface area contributed by atoms with Crippen LogP contribution in [0.5, 0.6) is 0 Å². The molecule has 1 aromatic carbocycles. The maximum absolute atomic E-state index is 15.0. The number of hydrogen-bond acceptors (Lipinski definition) is 4. The van der Waals surface area contributed by atoms with Crippen molar-refractivity contribution in [1.29, 1.82) is 5.26 Å². The number of aromatic nitrogens is 1. The van der Waals surface area contributed by atoms with Crippen LogP contribution in [0.15, 0.2) is 48.7 Å². The van der Waals surface area contributed by atoms with Crippen molar-refractivity contribution in [2.75, 3.05) is 0 Å². The summed E-state index contributed by atoms with van der Waals surface area (Å²) in [5, 5.41) is 9.91. The minimum Gasteiger partial charge on any atom is -0.462 e. The summed E-state index contributed by atoms with van der Waals surface area (Å²) in [5.41, 5.74) is 0.822. The van der Waals surface area contributed by atoms with Gasteiger partial charge in [-0.2, -0.15) is 5.26 Å². The third kappa shape index (κ3) is 3.69. The first-order valence-electron chi connectivity index (χ1n) is 10.5. The fourth-order valence-electron chi connectivity index (χ4n) is 5.24. The number of benzene rings is 1. The quantitative estimate of drug-likeness (QED) is 0.516. The van der Waals surface area contributed by atoms with Crippen molar-refractivity contribution in [1.82, 2.24) is 4.98 Å². The number of pyridine rings is 1. The van der Waals surface area contributed by atoms with Crippen LogP contribution in [-0.2, 0) is 9.53 Å². The standard InChI is InChI=1S/C25H23ClF2N2O2/c1-15-19(22-16(2)32-23(31)24(22,11-12-29)14-25(15,27)28)10-9-18-8-7-17(13-30-18)20-5-3-4-6-21(20)26/h3-10,13,15-16,19,22H,11,14H2,1-2H3/b10-9+/t15-,16+,19-,22?,24+/m0/s1. The van der Waals surface area contributed by atoms with Gasteiger partial charge in [0, 0.05) is 40.6 Å². The molecule has 7 heteroatoms. The van der Waals surface area contributed by atoms with E-state index in [0.717, 1.165) is 11.1 Å². The van der Waals surface area contributed by atoms with Crippen LogP contribution >= 0.6 is 11.6 Å². The van der Waals surface area contributed by atoms with Crippen molar-refractivity contribution in [2.45, 2.75) is 38.7 Å². The molecule has 2 aromatic rings.